The summed E-state index contributed by atoms with van der Waals surface area (Å²) in [5.41, 5.74) is -0.0742. The number of hydrogen-bond donors (Lipinski definition) is 1. The minimum Gasteiger partial charge on any atom is -0.345 e. The van der Waals surface area contributed by atoms with Crippen molar-refractivity contribution in [1.29, 1.82) is 0 Å². The van der Waals surface area contributed by atoms with E-state index in [0.717, 1.165) is 6.42 Å². The fourth-order valence-electron chi connectivity index (χ4n) is 0.524. The van der Waals surface area contributed by atoms with E-state index < -0.39 is 10.3 Å². The van der Waals surface area contributed by atoms with Crippen LogP contribution < -0.4 is 0 Å². The van der Waals surface area contributed by atoms with Gasteiger partial charge in [-0.1, -0.05) is 48.7 Å². The van der Waals surface area contributed by atoms with Crippen LogP contribution in [0.5, 0.6) is 0 Å². The molecule has 2 atom stereocenters. The summed E-state index contributed by atoms with van der Waals surface area (Å²) in [5.74, 6) is 0. The third-order valence-electron chi connectivity index (χ3n) is 1.56. The molecule has 0 saturated carbocycles. The maximum atomic E-state index is 9.67. The van der Waals surface area contributed by atoms with E-state index in [1.165, 1.54) is 0 Å². The van der Waals surface area contributed by atoms with Gasteiger partial charge in [-0.2, -0.15) is 0 Å². The molecule has 0 radical (unpaired) electrons. The molecular weight excluding hydrogens is 273 g/mol. The summed E-state index contributed by atoms with van der Waals surface area (Å²) in [4.78, 5) is 9.67. The van der Waals surface area contributed by atoms with Crippen molar-refractivity contribution in [3.63, 3.8) is 0 Å². The van der Waals surface area contributed by atoms with Gasteiger partial charge in [0, 0.05) is 5.66 Å². The molecular formula is C6H12Cl3O2PS. The molecule has 2 unspecified atom stereocenters. The zero-order valence-corrected chi connectivity index (χ0v) is 11.3. The van der Waals surface area contributed by atoms with Crippen molar-refractivity contribution in [3.05, 3.63) is 0 Å². The predicted molar refractivity (Wildman–Crippen MR) is 62.5 cm³/mol. The van der Waals surface area contributed by atoms with Crippen LogP contribution in [0.15, 0.2) is 0 Å². The molecule has 0 aromatic heterocycles. The lowest BCUT2D eigenvalue weighted by Crippen LogP contribution is -2.14. The first-order valence-corrected chi connectivity index (χ1v) is 7.60. The van der Waals surface area contributed by atoms with E-state index in [1.54, 1.807) is 0 Å². The molecule has 0 aromatic carbocycles. The SMILES string of the molecule is CCC(C)P(O)(=S)OCC(Cl)(Cl)Cl. The summed E-state index contributed by atoms with van der Waals surface area (Å²) in [7, 11) is 0. The number of hydrogen-bond acceptors (Lipinski definition) is 2. The van der Waals surface area contributed by atoms with Crippen molar-refractivity contribution in [1.82, 2.24) is 0 Å². The number of alkyl halides is 3. The van der Waals surface area contributed by atoms with Crippen molar-refractivity contribution in [2.24, 2.45) is 0 Å². The van der Waals surface area contributed by atoms with E-state index in [9.17, 15) is 4.89 Å². The van der Waals surface area contributed by atoms with Gasteiger partial charge in [0.1, 0.15) is 6.61 Å². The molecule has 0 aromatic rings. The third kappa shape index (κ3) is 6.51. The van der Waals surface area contributed by atoms with Crippen LogP contribution in [0.3, 0.4) is 0 Å². The summed E-state index contributed by atoms with van der Waals surface area (Å²) in [5, 5.41) is 0. The quantitative estimate of drug-likeness (QED) is 0.633. The number of halogens is 3. The maximum Gasteiger partial charge on any atom is 0.213 e. The van der Waals surface area contributed by atoms with Gasteiger partial charge in [-0.3, -0.25) is 0 Å². The lowest BCUT2D eigenvalue weighted by atomic mass is 10.4. The molecule has 0 aliphatic rings. The van der Waals surface area contributed by atoms with E-state index in [1.807, 2.05) is 13.8 Å². The molecule has 80 valence electrons. The first-order chi connectivity index (χ1) is 5.69. The Kier molecular flexibility index (Phi) is 6.11. The van der Waals surface area contributed by atoms with Gasteiger partial charge in [0.2, 0.25) is 3.79 Å². The molecule has 0 spiro atoms. The molecule has 1 N–H and O–H groups in total. The lowest BCUT2D eigenvalue weighted by molar-refractivity contribution is 0.307. The zero-order chi connectivity index (χ0) is 10.7. The van der Waals surface area contributed by atoms with Gasteiger partial charge < -0.3 is 9.42 Å². The summed E-state index contributed by atoms with van der Waals surface area (Å²) in [6.07, 6.45) is 0.744. The van der Waals surface area contributed by atoms with Gasteiger partial charge in [0.05, 0.1) is 0 Å². The van der Waals surface area contributed by atoms with Crippen LogP contribution in [0.4, 0.5) is 0 Å². The topological polar surface area (TPSA) is 29.5 Å². The van der Waals surface area contributed by atoms with Crippen LogP contribution in [-0.4, -0.2) is 21.0 Å². The maximum absolute atomic E-state index is 9.67. The highest BCUT2D eigenvalue weighted by atomic mass is 35.6. The Morgan fingerprint density at radius 1 is 1.54 bits per heavy atom. The largest absolute Gasteiger partial charge is 0.345 e. The van der Waals surface area contributed by atoms with Gasteiger partial charge in [0.25, 0.3) is 0 Å². The normalized spacial score (nSPS) is 19.5. The standard InChI is InChI=1S/C6H12Cl3O2PS/c1-3-5(2)12(10,13)11-4-6(7,8)9/h5H,3-4H2,1-2H3,(H,10,13). The smallest absolute Gasteiger partial charge is 0.213 e. The second-order valence-electron chi connectivity index (χ2n) is 2.71. The summed E-state index contributed by atoms with van der Waals surface area (Å²) < 4.78 is 3.52. The molecule has 0 saturated heterocycles. The van der Waals surface area contributed by atoms with Crippen LogP contribution >= 0.6 is 41.3 Å². The van der Waals surface area contributed by atoms with E-state index >= 15 is 0 Å². The fourth-order valence-corrected chi connectivity index (χ4v) is 2.62. The van der Waals surface area contributed by atoms with E-state index in [0.29, 0.717) is 0 Å². The Morgan fingerprint density at radius 3 is 2.31 bits per heavy atom. The first-order valence-electron chi connectivity index (χ1n) is 3.73. The van der Waals surface area contributed by atoms with Gasteiger partial charge >= 0.3 is 0 Å². The van der Waals surface area contributed by atoms with E-state index in [2.05, 4.69) is 0 Å². The highest BCUT2D eigenvalue weighted by Crippen LogP contribution is 2.50. The minimum absolute atomic E-state index is 0.0742. The Morgan fingerprint density at radius 2 is 2.00 bits per heavy atom. The van der Waals surface area contributed by atoms with Crippen molar-refractivity contribution >= 4 is 53.1 Å². The summed E-state index contributed by atoms with van der Waals surface area (Å²) in [6, 6.07) is 0. The van der Waals surface area contributed by atoms with Crippen LogP contribution in [0.2, 0.25) is 0 Å². The molecule has 2 nitrogen and oxygen atoms in total. The summed E-state index contributed by atoms with van der Waals surface area (Å²) >= 11 is 21.3. The van der Waals surface area contributed by atoms with Crippen molar-refractivity contribution < 1.29 is 9.42 Å². The molecule has 7 heteroatoms. The Balaban J connectivity index is 4.12. The second kappa shape index (κ2) is 5.50. The van der Waals surface area contributed by atoms with Crippen LogP contribution in [-0.2, 0) is 16.3 Å². The minimum atomic E-state index is -2.80. The molecule has 0 heterocycles. The third-order valence-corrected chi connectivity index (χ3v) is 5.26. The molecule has 0 aliphatic heterocycles. The van der Waals surface area contributed by atoms with Crippen molar-refractivity contribution in [3.8, 4) is 0 Å². The lowest BCUT2D eigenvalue weighted by Gasteiger charge is -2.23. The monoisotopic (exact) mass is 284 g/mol. The molecule has 0 fully saturated rings. The highest BCUT2D eigenvalue weighted by Gasteiger charge is 2.27. The Labute approximate surface area is 98.7 Å². The van der Waals surface area contributed by atoms with Crippen molar-refractivity contribution in [2.75, 3.05) is 6.61 Å². The van der Waals surface area contributed by atoms with E-state index in [-0.39, 0.29) is 12.3 Å². The first kappa shape index (κ1) is 14.4. The molecule has 0 amide bonds. The van der Waals surface area contributed by atoms with Gasteiger partial charge in [-0.05, 0) is 18.2 Å². The Hall–Kier alpha value is 1.44. The van der Waals surface area contributed by atoms with Gasteiger partial charge in [0.15, 0.2) is 6.49 Å². The average molecular weight is 286 g/mol. The molecule has 13 heavy (non-hydrogen) atoms. The number of rotatable bonds is 4. The average Bonchev–Trinajstić information content (AvgIpc) is 1.98. The molecule has 0 aliphatic carbocycles. The highest BCUT2D eigenvalue weighted by molar-refractivity contribution is 8.09. The van der Waals surface area contributed by atoms with E-state index in [4.69, 9.17) is 51.1 Å². The van der Waals surface area contributed by atoms with Crippen LogP contribution in [0, 0.1) is 0 Å². The second-order valence-corrected chi connectivity index (χ2v) is 9.06. The summed E-state index contributed by atoms with van der Waals surface area (Å²) in [6.45, 7) is 0.765. The zero-order valence-electron chi connectivity index (χ0n) is 7.34. The fraction of sp³-hybridized carbons (Fsp3) is 1.00. The van der Waals surface area contributed by atoms with Crippen LogP contribution in [0.25, 0.3) is 0 Å². The molecule has 0 rings (SSSR count). The van der Waals surface area contributed by atoms with Gasteiger partial charge in [-0.15, -0.1) is 0 Å². The predicted octanol–water partition coefficient (Wildman–Crippen LogP) is 3.47. The van der Waals surface area contributed by atoms with Gasteiger partial charge in [-0.25, -0.2) is 0 Å². The van der Waals surface area contributed by atoms with Crippen LogP contribution in [0.1, 0.15) is 20.3 Å². The van der Waals surface area contributed by atoms with Crippen molar-refractivity contribution in [2.45, 2.75) is 29.7 Å². The Bertz CT molecular complexity index is 207. The molecule has 0 bridgehead atoms.